The number of nitrogens with one attached hydrogen (secondary N) is 6. The zero-order chi connectivity index (χ0) is 49.7. The van der Waals surface area contributed by atoms with Gasteiger partial charge in [-0.1, -0.05) is 56.3 Å². The number of aliphatic carboxylic acids is 1. The quantitative estimate of drug-likeness (QED) is 0.0225. The zero-order valence-corrected chi connectivity index (χ0v) is 37.4. The second kappa shape index (κ2) is 27.5. The van der Waals surface area contributed by atoms with Crippen LogP contribution >= 0.6 is 0 Å². The molecule has 18 N–H and O–H groups in total. The number of phenolic OH excluding ortho intramolecular Hbond substituents is 1. The van der Waals surface area contributed by atoms with E-state index < -0.39 is 102 Å². The fourth-order valence-electron chi connectivity index (χ4n) is 6.45. The number of rotatable bonds is 28. The third-order valence-corrected chi connectivity index (χ3v) is 9.98. The monoisotopic (exact) mass is 927 g/mol. The summed E-state index contributed by atoms with van der Waals surface area (Å²) in [5, 5.41) is 55.2. The van der Waals surface area contributed by atoms with E-state index in [1.54, 1.807) is 56.3 Å². The van der Waals surface area contributed by atoms with Gasteiger partial charge in [-0.25, -0.2) is 4.79 Å². The molecule has 23 nitrogen and oxygen atoms in total. The largest absolute Gasteiger partial charge is 0.508 e. The van der Waals surface area contributed by atoms with Crippen molar-refractivity contribution in [3.05, 3.63) is 65.7 Å². The van der Waals surface area contributed by atoms with E-state index >= 15 is 0 Å². The van der Waals surface area contributed by atoms with Crippen molar-refractivity contribution in [3.8, 4) is 5.75 Å². The number of guanidine groups is 1. The summed E-state index contributed by atoms with van der Waals surface area (Å²) in [6.07, 6.45) is -4.01. The van der Waals surface area contributed by atoms with Gasteiger partial charge < -0.3 is 75.3 Å². The van der Waals surface area contributed by atoms with Crippen molar-refractivity contribution in [2.24, 2.45) is 33.8 Å². The maximum atomic E-state index is 14.0. The van der Waals surface area contributed by atoms with E-state index in [0.717, 1.165) is 6.92 Å². The molecule has 0 unspecified atom stereocenters. The maximum absolute atomic E-state index is 14.0. The van der Waals surface area contributed by atoms with E-state index in [-0.39, 0.29) is 69.1 Å². The second-order valence-corrected chi connectivity index (χ2v) is 16.3. The molecule has 0 aliphatic heterocycles. The molecular formula is C43H65N11O12. The van der Waals surface area contributed by atoms with Crippen molar-refractivity contribution in [1.82, 2.24) is 31.9 Å². The van der Waals surface area contributed by atoms with Crippen molar-refractivity contribution in [2.45, 2.75) is 127 Å². The Kier molecular flexibility index (Phi) is 23.0. The number of hydrogen-bond donors (Lipinski definition) is 14. The highest BCUT2D eigenvalue weighted by Gasteiger charge is 2.37. The smallest absolute Gasteiger partial charge is 0.326 e. The normalized spacial score (nSPS) is 15.2. The van der Waals surface area contributed by atoms with Gasteiger partial charge in [-0.15, -0.1) is 0 Å². The van der Waals surface area contributed by atoms with Crippen LogP contribution in [0, 0.1) is 5.92 Å². The van der Waals surface area contributed by atoms with Gasteiger partial charge in [0.05, 0.1) is 18.2 Å². The number of nitrogens with zero attached hydrogens (tertiary/aromatic N) is 1. The molecule has 0 radical (unpaired) electrons. The summed E-state index contributed by atoms with van der Waals surface area (Å²) in [6.45, 7) is 5.83. The van der Waals surface area contributed by atoms with Gasteiger partial charge in [0.25, 0.3) is 0 Å². The van der Waals surface area contributed by atoms with Gasteiger partial charge >= 0.3 is 5.97 Å². The number of primary amides is 1. The molecule has 2 aromatic rings. The fourth-order valence-corrected chi connectivity index (χ4v) is 6.45. The Morgan fingerprint density at radius 1 is 0.591 bits per heavy atom. The number of carboxylic acids is 1. The topological polar surface area (TPSA) is 406 Å². The first-order chi connectivity index (χ1) is 31.0. The number of aromatic hydroxyl groups is 1. The van der Waals surface area contributed by atoms with E-state index in [2.05, 4.69) is 36.9 Å². The molecule has 0 spiro atoms. The lowest BCUT2D eigenvalue weighted by atomic mass is 9.99. The van der Waals surface area contributed by atoms with Gasteiger partial charge in [-0.3, -0.25) is 38.6 Å². The Labute approximate surface area is 382 Å². The van der Waals surface area contributed by atoms with E-state index in [1.165, 1.54) is 19.1 Å². The molecule has 23 heteroatoms. The first-order valence-corrected chi connectivity index (χ1v) is 21.3. The molecule has 2 rings (SSSR count). The molecule has 0 saturated heterocycles. The minimum absolute atomic E-state index is 0.00389. The Hall–Kier alpha value is -6.85. The molecule has 66 heavy (non-hydrogen) atoms. The summed E-state index contributed by atoms with van der Waals surface area (Å²) in [4.78, 5) is 109. The molecule has 0 aliphatic carbocycles. The van der Waals surface area contributed by atoms with Crippen LogP contribution in [-0.2, 0) is 51.2 Å². The lowest BCUT2D eigenvalue weighted by molar-refractivity contribution is -0.143. The molecule has 0 bridgehead atoms. The van der Waals surface area contributed by atoms with Gasteiger partial charge in [-0.05, 0) is 75.1 Å². The summed E-state index contributed by atoms with van der Waals surface area (Å²) in [7, 11) is 0. The maximum Gasteiger partial charge on any atom is 0.326 e. The number of nitrogens with two attached hydrogens (primary N) is 4. The van der Waals surface area contributed by atoms with Gasteiger partial charge in [0.2, 0.25) is 41.4 Å². The lowest BCUT2D eigenvalue weighted by Gasteiger charge is -2.29. The van der Waals surface area contributed by atoms with Crippen LogP contribution in [0.5, 0.6) is 5.75 Å². The van der Waals surface area contributed by atoms with E-state index in [1.807, 2.05) is 0 Å². The minimum Gasteiger partial charge on any atom is -0.508 e. The fraction of sp³-hybridized carbons (Fsp3) is 0.512. The number of aliphatic imine (C=N–C) groups is 1. The molecule has 7 amide bonds. The second-order valence-electron chi connectivity index (χ2n) is 16.3. The Bertz CT molecular complexity index is 1980. The van der Waals surface area contributed by atoms with E-state index in [9.17, 15) is 58.8 Å². The van der Waals surface area contributed by atoms with Gasteiger partial charge in [0.1, 0.15) is 42.0 Å². The highest BCUT2D eigenvalue weighted by atomic mass is 16.4. The van der Waals surface area contributed by atoms with E-state index in [0.29, 0.717) is 11.1 Å². The highest BCUT2D eigenvalue weighted by Crippen LogP contribution is 2.13. The Balaban J connectivity index is 2.32. The van der Waals surface area contributed by atoms with Crippen molar-refractivity contribution in [1.29, 1.82) is 0 Å². The van der Waals surface area contributed by atoms with Crippen LogP contribution in [0.4, 0.5) is 0 Å². The predicted octanol–water partition coefficient (Wildman–Crippen LogP) is -3.38. The first kappa shape index (κ1) is 55.3. The molecular weight excluding hydrogens is 863 g/mol. The van der Waals surface area contributed by atoms with Crippen molar-refractivity contribution in [3.63, 3.8) is 0 Å². The number of aliphatic hydroxyl groups is 2. The molecule has 2 aromatic carbocycles. The molecule has 0 saturated carbocycles. The standard InChI is InChI=1S/C43H65N11O12/c1-22(2)19-31(52-38(61)32(21-25-9-6-5-7-10-25)51-36(59)28(44)20-26-12-14-27(57)15-13-26)39(62)53-35(24(4)56)41(64)54-34(23(3)55)40(63)49-29(11-8-18-48-43(46)47)37(60)50-30(42(65)66)16-17-33(45)58/h5-7,9-10,12-15,22-24,28-32,34-35,55-57H,8,11,16-21,44H2,1-4H3,(H2,45,58)(H,49,63)(H,50,60)(H,51,59)(H,52,61)(H,53,62)(H,54,64)(H,65,66)(H4,46,47,48)/t23-,24-,28+,29+,30+,31+,32+,34+,35+/m1/s1. The number of phenols is 1. The van der Waals surface area contributed by atoms with Crippen LogP contribution < -0.4 is 54.8 Å². The lowest BCUT2D eigenvalue weighted by Crippen LogP contribution is -2.63. The van der Waals surface area contributed by atoms with Crippen LogP contribution in [0.1, 0.15) is 70.9 Å². The van der Waals surface area contributed by atoms with Gasteiger partial charge in [0, 0.05) is 19.4 Å². The number of carboxylic acid groups (broad SMARTS) is 1. The third kappa shape index (κ3) is 19.9. The average Bonchev–Trinajstić information content (AvgIpc) is 3.23. The molecule has 9 atom stereocenters. The number of amides is 7. The van der Waals surface area contributed by atoms with Crippen molar-refractivity contribution >= 4 is 53.3 Å². The predicted molar refractivity (Wildman–Crippen MR) is 240 cm³/mol. The van der Waals surface area contributed by atoms with Crippen LogP contribution in [0.2, 0.25) is 0 Å². The van der Waals surface area contributed by atoms with Crippen LogP contribution in [0.15, 0.2) is 59.6 Å². The number of carbonyl (C=O) groups excluding carboxylic acids is 7. The van der Waals surface area contributed by atoms with Gasteiger partial charge in [0.15, 0.2) is 5.96 Å². The summed E-state index contributed by atoms with van der Waals surface area (Å²) < 4.78 is 0. The third-order valence-electron chi connectivity index (χ3n) is 9.98. The number of aliphatic hydroxyl groups excluding tert-OH is 2. The summed E-state index contributed by atoms with van der Waals surface area (Å²) in [5.74, 6) is -8.41. The van der Waals surface area contributed by atoms with Crippen LogP contribution in [-0.4, -0.2) is 135 Å². The van der Waals surface area contributed by atoms with Crippen molar-refractivity contribution < 1.29 is 58.8 Å². The Morgan fingerprint density at radius 2 is 1.08 bits per heavy atom. The SMILES string of the molecule is CC(C)C[C@H](NC(=O)[C@H](Cc1ccccc1)NC(=O)[C@@H](N)Cc1ccc(O)cc1)C(=O)N[C@H](C(=O)N[C@H](C(=O)N[C@@H](CCCN=C(N)N)C(=O)N[C@@H](CCC(N)=O)C(=O)O)[C@@H](C)O)[C@@H](C)O. The Morgan fingerprint density at radius 3 is 1.61 bits per heavy atom. The molecule has 364 valence electrons. The molecule has 0 aromatic heterocycles. The van der Waals surface area contributed by atoms with Crippen LogP contribution in [0.3, 0.4) is 0 Å². The molecule has 0 heterocycles. The molecule has 0 fully saturated rings. The zero-order valence-electron chi connectivity index (χ0n) is 37.4. The average molecular weight is 928 g/mol. The summed E-state index contributed by atoms with van der Waals surface area (Å²) in [5.41, 5.74) is 23.4. The van der Waals surface area contributed by atoms with E-state index in [4.69, 9.17) is 22.9 Å². The highest BCUT2D eigenvalue weighted by molar-refractivity contribution is 5.97. The summed E-state index contributed by atoms with van der Waals surface area (Å²) in [6, 6.07) is 4.47. The number of benzene rings is 2. The van der Waals surface area contributed by atoms with Gasteiger partial charge in [-0.2, -0.15) is 0 Å². The minimum atomic E-state index is -1.82. The summed E-state index contributed by atoms with van der Waals surface area (Å²) >= 11 is 0. The van der Waals surface area contributed by atoms with Crippen molar-refractivity contribution in [2.75, 3.05) is 6.54 Å². The first-order valence-electron chi connectivity index (χ1n) is 21.3. The molecule has 0 aliphatic rings. The number of carbonyl (C=O) groups is 8. The number of hydrogen-bond acceptors (Lipinski definition) is 13. The van der Waals surface area contributed by atoms with Crippen LogP contribution in [0.25, 0.3) is 0 Å².